The average Bonchev–Trinajstić information content (AvgIpc) is 2.94. The quantitative estimate of drug-likeness (QED) is 0.744. The number of imidazole rings is 1. The van der Waals surface area contributed by atoms with Crippen molar-refractivity contribution >= 4 is 22.5 Å². The van der Waals surface area contributed by atoms with Crippen molar-refractivity contribution in [2.75, 3.05) is 5.32 Å². The number of aromatic nitrogens is 2. The molecule has 0 amide bonds. The molecule has 3 aromatic rings. The van der Waals surface area contributed by atoms with Crippen molar-refractivity contribution in [1.82, 2.24) is 9.38 Å². The second kappa shape index (κ2) is 5.83. The van der Waals surface area contributed by atoms with Gasteiger partial charge in [0.25, 0.3) is 0 Å². The first-order valence-corrected chi connectivity index (χ1v) is 8.76. The summed E-state index contributed by atoms with van der Waals surface area (Å²) in [5.41, 5.74) is 5.62. The third kappa shape index (κ3) is 2.41. The van der Waals surface area contributed by atoms with Gasteiger partial charge >= 0.3 is 0 Å². The van der Waals surface area contributed by atoms with Crippen LogP contribution in [-0.2, 0) is 0 Å². The predicted molar refractivity (Wildman–Crippen MR) is 97.4 cm³/mol. The predicted octanol–water partition coefficient (Wildman–Crippen LogP) is 4.72. The summed E-state index contributed by atoms with van der Waals surface area (Å²) in [6, 6.07) is 11.2. The van der Waals surface area contributed by atoms with Crippen molar-refractivity contribution in [2.24, 2.45) is 0 Å². The summed E-state index contributed by atoms with van der Waals surface area (Å²) in [6.07, 6.45) is 6.35. The van der Waals surface area contributed by atoms with Crippen LogP contribution in [0.1, 0.15) is 48.8 Å². The minimum Gasteiger partial charge on any atom is -0.368 e. The number of nitriles is 1. The number of pyridine rings is 1. The Labute approximate surface area is 142 Å². The second-order valence-electron chi connectivity index (χ2n) is 6.94. The Bertz CT molecular complexity index is 955. The Balaban J connectivity index is 1.96. The van der Waals surface area contributed by atoms with E-state index in [9.17, 15) is 5.26 Å². The van der Waals surface area contributed by atoms with E-state index in [0.29, 0.717) is 11.6 Å². The summed E-state index contributed by atoms with van der Waals surface area (Å²) >= 11 is 0. The largest absolute Gasteiger partial charge is 0.368 e. The molecule has 1 aliphatic carbocycles. The van der Waals surface area contributed by atoms with E-state index in [4.69, 9.17) is 4.98 Å². The zero-order chi connectivity index (χ0) is 16.7. The number of nitrogens with one attached hydrogen (secondary N) is 1. The van der Waals surface area contributed by atoms with Crippen LogP contribution in [0.15, 0.2) is 24.3 Å². The molecule has 0 spiro atoms. The summed E-state index contributed by atoms with van der Waals surface area (Å²) in [4.78, 5) is 4.74. The van der Waals surface area contributed by atoms with Crippen LogP contribution in [0.2, 0.25) is 0 Å². The molecule has 1 fully saturated rings. The van der Waals surface area contributed by atoms with E-state index in [-0.39, 0.29) is 0 Å². The van der Waals surface area contributed by atoms with Gasteiger partial charge in [0.1, 0.15) is 11.9 Å². The van der Waals surface area contributed by atoms with Gasteiger partial charge in [0, 0.05) is 6.04 Å². The highest BCUT2D eigenvalue weighted by molar-refractivity contribution is 5.85. The highest BCUT2D eigenvalue weighted by atomic mass is 15.1. The lowest BCUT2D eigenvalue weighted by molar-refractivity contribution is 0.461. The molecular formula is C20H22N4. The number of fused-ring (bicyclic) bond motifs is 3. The van der Waals surface area contributed by atoms with Crippen molar-refractivity contribution in [1.29, 1.82) is 5.26 Å². The molecule has 1 saturated carbocycles. The average molecular weight is 318 g/mol. The number of rotatable bonds is 2. The zero-order valence-corrected chi connectivity index (χ0v) is 14.3. The SMILES string of the molecule is Cc1ccc2nc3c(C#N)c(C)cc(NC4CCCCC4)n3c2c1. The van der Waals surface area contributed by atoms with Gasteiger partial charge < -0.3 is 5.32 Å². The normalized spacial score (nSPS) is 15.7. The number of nitrogens with zero attached hydrogens (tertiary/aromatic N) is 3. The van der Waals surface area contributed by atoms with Gasteiger partial charge in [0.05, 0.1) is 16.6 Å². The maximum absolute atomic E-state index is 9.58. The zero-order valence-electron chi connectivity index (χ0n) is 14.3. The van der Waals surface area contributed by atoms with Crippen molar-refractivity contribution < 1.29 is 0 Å². The molecule has 0 unspecified atom stereocenters. The molecule has 0 saturated heterocycles. The monoisotopic (exact) mass is 318 g/mol. The number of aryl methyl sites for hydroxylation is 2. The first kappa shape index (κ1) is 15.0. The van der Waals surface area contributed by atoms with Gasteiger partial charge in [-0.3, -0.25) is 4.40 Å². The molecule has 2 heterocycles. The molecule has 2 aromatic heterocycles. The Morgan fingerprint density at radius 2 is 1.96 bits per heavy atom. The summed E-state index contributed by atoms with van der Waals surface area (Å²) in [5, 5.41) is 13.3. The van der Waals surface area contributed by atoms with Crippen LogP contribution >= 0.6 is 0 Å². The molecule has 0 radical (unpaired) electrons. The molecule has 4 rings (SSSR count). The smallest absolute Gasteiger partial charge is 0.157 e. The van der Waals surface area contributed by atoms with Crippen LogP contribution in [0.4, 0.5) is 5.82 Å². The molecule has 1 aromatic carbocycles. The molecule has 0 atom stereocenters. The van der Waals surface area contributed by atoms with E-state index in [1.165, 1.54) is 37.7 Å². The maximum Gasteiger partial charge on any atom is 0.157 e. The molecule has 122 valence electrons. The molecule has 0 aliphatic heterocycles. The Morgan fingerprint density at radius 3 is 2.71 bits per heavy atom. The fourth-order valence-corrected chi connectivity index (χ4v) is 3.82. The van der Waals surface area contributed by atoms with E-state index >= 15 is 0 Å². The van der Waals surface area contributed by atoms with E-state index in [1.54, 1.807) is 0 Å². The molecule has 1 aliphatic rings. The minimum atomic E-state index is 0.511. The van der Waals surface area contributed by atoms with Crippen LogP contribution in [0, 0.1) is 25.2 Å². The van der Waals surface area contributed by atoms with Gasteiger partial charge in [-0.25, -0.2) is 4.98 Å². The molecule has 4 heteroatoms. The summed E-state index contributed by atoms with van der Waals surface area (Å²) < 4.78 is 2.13. The molecular weight excluding hydrogens is 296 g/mol. The number of hydrogen-bond acceptors (Lipinski definition) is 3. The third-order valence-electron chi connectivity index (χ3n) is 5.09. The van der Waals surface area contributed by atoms with Crippen LogP contribution in [0.5, 0.6) is 0 Å². The van der Waals surface area contributed by atoms with E-state index < -0.39 is 0 Å². The molecule has 24 heavy (non-hydrogen) atoms. The number of benzene rings is 1. The first-order valence-electron chi connectivity index (χ1n) is 8.76. The lowest BCUT2D eigenvalue weighted by Gasteiger charge is -2.25. The fourth-order valence-electron chi connectivity index (χ4n) is 3.82. The van der Waals surface area contributed by atoms with Crippen molar-refractivity contribution in [3.63, 3.8) is 0 Å². The van der Waals surface area contributed by atoms with Crippen molar-refractivity contribution in [3.8, 4) is 6.07 Å². The highest BCUT2D eigenvalue weighted by Crippen LogP contribution is 2.29. The fraction of sp³-hybridized carbons (Fsp3) is 0.400. The van der Waals surface area contributed by atoms with Gasteiger partial charge in [0.15, 0.2) is 5.65 Å². The van der Waals surface area contributed by atoms with Crippen LogP contribution in [0.25, 0.3) is 16.7 Å². The van der Waals surface area contributed by atoms with Crippen molar-refractivity contribution in [3.05, 3.63) is 41.0 Å². The number of hydrogen-bond donors (Lipinski definition) is 1. The van der Waals surface area contributed by atoms with Gasteiger partial charge in [-0.05, 0) is 56.0 Å². The van der Waals surface area contributed by atoms with E-state index in [0.717, 1.165) is 28.1 Å². The van der Waals surface area contributed by atoms with E-state index in [1.807, 2.05) is 13.0 Å². The molecule has 4 nitrogen and oxygen atoms in total. The Kier molecular flexibility index (Phi) is 3.65. The van der Waals surface area contributed by atoms with Crippen LogP contribution in [0.3, 0.4) is 0 Å². The van der Waals surface area contributed by atoms with Crippen LogP contribution < -0.4 is 5.32 Å². The third-order valence-corrected chi connectivity index (χ3v) is 5.09. The standard InChI is InChI=1S/C20H22N4/c1-13-8-9-17-18(10-13)24-19(22-15-6-4-3-5-7-15)11-14(2)16(12-21)20(24)23-17/h8-11,15,22H,3-7H2,1-2H3. The Hall–Kier alpha value is -2.54. The summed E-state index contributed by atoms with van der Waals surface area (Å²) in [6.45, 7) is 4.08. The number of anilines is 1. The van der Waals surface area contributed by atoms with Crippen LogP contribution in [-0.4, -0.2) is 15.4 Å². The molecule has 1 N–H and O–H groups in total. The maximum atomic E-state index is 9.58. The first-order chi connectivity index (χ1) is 11.7. The second-order valence-corrected chi connectivity index (χ2v) is 6.94. The van der Waals surface area contributed by atoms with E-state index in [2.05, 4.69) is 40.9 Å². The van der Waals surface area contributed by atoms with Gasteiger partial charge in [-0.2, -0.15) is 5.26 Å². The summed E-state index contributed by atoms with van der Waals surface area (Å²) in [7, 11) is 0. The van der Waals surface area contributed by atoms with Gasteiger partial charge in [0.2, 0.25) is 0 Å². The highest BCUT2D eigenvalue weighted by Gasteiger charge is 2.18. The van der Waals surface area contributed by atoms with Crippen molar-refractivity contribution in [2.45, 2.75) is 52.0 Å². The lowest BCUT2D eigenvalue weighted by atomic mass is 9.95. The van der Waals surface area contributed by atoms with Gasteiger partial charge in [-0.1, -0.05) is 25.3 Å². The molecule has 0 bridgehead atoms. The van der Waals surface area contributed by atoms with Gasteiger partial charge in [-0.15, -0.1) is 0 Å². The topological polar surface area (TPSA) is 53.1 Å². The minimum absolute atomic E-state index is 0.511. The Morgan fingerprint density at radius 1 is 1.17 bits per heavy atom. The lowest BCUT2D eigenvalue weighted by Crippen LogP contribution is -2.23. The summed E-state index contributed by atoms with van der Waals surface area (Å²) in [5.74, 6) is 1.06.